The highest BCUT2D eigenvalue weighted by Crippen LogP contribution is 2.36. The highest BCUT2D eigenvalue weighted by molar-refractivity contribution is 9.10. The molecule has 1 aromatic rings. The Hall–Kier alpha value is -0.460. The number of sulfonamides is 1. The van der Waals surface area contributed by atoms with E-state index in [9.17, 15) is 12.8 Å². The summed E-state index contributed by atoms with van der Waals surface area (Å²) in [7, 11) is -2.06. The van der Waals surface area contributed by atoms with E-state index in [0.717, 1.165) is 18.9 Å². The lowest BCUT2D eigenvalue weighted by Crippen LogP contribution is -2.36. The van der Waals surface area contributed by atoms with Gasteiger partial charge in [-0.3, -0.25) is 0 Å². The van der Waals surface area contributed by atoms with E-state index in [2.05, 4.69) is 15.9 Å². The van der Waals surface area contributed by atoms with Gasteiger partial charge in [0.1, 0.15) is 5.82 Å². The second-order valence-electron chi connectivity index (χ2n) is 4.68. The van der Waals surface area contributed by atoms with E-state index in [1.54, 1.807) is 7.05 Å². The van der Waals surface area contributed by atoms with Crippen molar-refractivity contribution in [1.82, 2.24) is 4.31 Å². The molecule has 6 heteroatoms. The SMILES string of the molecule is CC(C1CC1)N(C)S(=O)(=O)c1ccc(Br)c(F)c1. The van der Waals surface area contributed by atoms with Crippen LogP contribution >= 0.6 is 15.9 Å². The van der Waals surface area contributed by atoms with Crippen molar-refractivity contribution in [3.8, 4) is 0 Å². The zero-order valence-electron chi connectivity index (χ0n) is 10.2. The molecule has 1 aromatic carbocycles. The quantitative estimate of drug-likeness (QED) is 0.848. The zero-order valence-corrected chi connectivity index (χ0v) is 12.6. The first kappa shape index (κ1) is 14.0. The van der Waals surface area contributed by atoms with Gasteiger partial charge in [0, 0.05) is 13.1 Å². The molecule has 1 unspecified atom stereocenters. The highest BCUT2D eigenvalue weighted by atomic mass is 79.9. The van der Waals surface area contributed by atoms with Crippen LogP contribution in [0, 0.1) is 11.7 Å². The Morgan fingerprint density at radius 1 is 1.44 bits per heavy atom. The van der Waals surface area contributed by atoms with Crippen LogP contribution < -0.4 is 0 Å². The largest absolute Gasteiger partial charge is 0.243 e. The molecule has 0 N–H and O–H groups in total. The van der Waals surface area contributed by atoms with Crippen molar-refractivity contribution in [2.45, 2.75) is 30.7 Å². The number of rotatable bonds is 4. The van der Waals surface area contributed by atoms with Crippen LogP contribution in [0.1, 0.15) is 19.8 Å². The highest BCUT2D eigenvalue weighted by Gasteiger charge is 2.36. The van der Waals surface area contributed by atoms with Crippen molar-refractivity contribution in [1.29, 1.82) is 0 Å². The normalized spacial score (nSPS) is 18.1. The monoisotopic (exact) mass is 335 g/mol. The molecular formula is C12H15BrFNO2S. The summed E-state index contributed by atoms with van der Waals surface area (Å²) in [4.78, 5) is -0.00167. The second-order valence-corrected chi connectivity index (χ2v) is 7.53. The molecule has 0 bridgehead atoms. The Labute approximate surface area is 115 Å². The first-order valence-corrected chi connectivity index (χ1v) is 8.00. The summed E-state index contributed by atoms with van der Waals surface area (Å²) in [6.45, 7) is 1.89. The van der Waals surface area contributed by atoms with Crippen LogP contribution in [-0.4, -0.2) is 25.8 Å². The minimum Gasteiger partial charge on any atom is -0.207 e. The van der Waals surface area contributed by atoms with Gasteiger partial charge in [-0.15, -0.1) is 0 Å². The fraction of sp³-hybridized carbons (Fsp3) is 0.500. The van der Waals surface area contributed by atoms with Crippen LogP contribution in [0.3, 0.4) is 0 Å². The first-order chi connectivity index (χ1) is 8.34. The molecule has 1 aliphatic carbocycles. The summed E-state index contributed by atoms with van der Waals surface area (Å²) in [5.74, 6) is -0.131. The third-order valence-corrected chi connectivity index (χ3v) is 6.03. The van der Waals surface area contributed by atoms with Crippen LogP contribution in [0.4, 0.5) is 4.39 Å². The van der Waals surface area contributed by atoms with Crippen LogP contribution in [0.2, 0.25) is 0 Å². The van der Waals surface area contributed by atoms with Gasteiger partial charge in [-0.25, -0.2) is 12.8 Å². The molecule has 18 heavy (non-hydrogen) atoms. The van der Waals surface area contributed by atoms with E-state index in [0.29, 0.717) is 5.92 Å². The summed E-state index contributed by atoms with van der Waals surface area (Å²) >= 11 is 3.01. The number of nitrogens with zero attached hydrogens (tertiary/aromatic N) is 1. The molecular weight excluding hydrogens is 321 g/mol. The average Bonchev–Trinajstić information content (AvgIpc) is 3.14. The summed E-state index contributed by atoms with van der Waals surface area (Å²) in [6.07, 6.45) is 2.13. The number of hydrogen-bond acceptors (Lipinski definition) is 2. The molecule has 0 radical (unpaired) electrons. The number of benzene rings is 1. The molecule has 0 aliphatic heterocycles. The van der Waals surface area contributed by atoms with Crippen molar-refractivity contribution in [3.63, 3.8) is 0 Å². The fourth-order valence-electron chi connectivity index (χ4n) is 1.90. The van der Waals surface area contributed by atoms with Crippen molar-refractivity contribution < 1.29 is 12.8 Å². The van der Waals surface area contributed by atoms with Gasteiger partial charge in [-0.1, -0.05) is 0 Å². The maximum atomic E-state index is 13.4. The minimum absolute atomic E-state index is 0.00167. The minimum atomic E-state index is -3.61. The lowest BCUT2D eigenvalue weighted by atomic mass is 10.2. The molecule has 1 atom stereocenters. The van der Waals surface area contributed by atoms with Gasteiger partial charge in [0.05, 0.1) is 9.37 Å². The summed E-state index contributed by atoms with van der Waals surface area (Å²) < 4.78 is 39.6. The van der Waals surface area contributed by atoms with E-state index in [1.165, 1.54) is 16.4 Å². The fourth-order valence-corrected chi connectivity index (χ4v) is 3.58. The molecule has 0 heterocycles. The van der Waals surface area contributed by atoms with Gasteiger partial charge < -0.3 is 0 Å². The maximum Gasteiger partial charge on any atom is 0.243 e. The van der Waals surface area contributed by atoms with Crippen LogP contribution in [0.15, 0.2) is 27.6 Å². The van der Waals surface area contributed by atoms with E-state index >= 15 is 0 Å². The number of hydrogen-bond donors (Lipinski definition) is 0. The van der Waals surface area contributed by atoms with E-state index in [4.69, 9.17) is 0 Å². The molecule has 1 saturated carbocycles. The molecule has 1 aliphatic rings. The predicted octanol–water partition coefficient (Wildman–Crippen LogP) is 3.01. The van der Waals surface area contributed by atoms with Crippen LogP contribution in [0.25, 0.3) is 0 Å². The zero-order chi connectivity index (χ0) is 13.5. The Morgan fingerprint density at radius 3 is 2.56 bits per heavy atom. The lowest BCUT2D eigenvalue weighted by molar-refractivity contribution is 0.357. The van der Waals surface area contributed by atoms with Crippen molar-refractivity contribution in [3.05, 3.63) is 28.5 Å². The molecule has 3 nitrogen and oxygen atoms in total. The Morgan fingerprint density at radius 2 is 2.06 bits per heavy atom. The van der Waals surface area contributed by atoms with Gasteiger partial charge in [0.15, 0.2) is 0 Å². The van der Waals surface area contributed by atoms with Gasteiger partial charge in [0.2, 0.25) is 10.0 Å². The third-order valence-electron chi connectivity index (χ3n) is 3.45. The Bertz CT molecular complexity index is 557. The summed E-state index contributed by atoms with van der Waals surface area (Å²) in [5, 5.41) is 0. The van der Waals surface area contributed by atoms with Gasteiger partial charge in [-0.2, -0.15) is 4.31 Å². The second kappa shape index (κ2) is 4.90. The third kappa shape index (κ3) is 2.60. The summed E-state index contributed by atoms with van der Waals surface area (Å²) in [5.41, 5.74) is 0. The van der Waals surface area contributed by atoms with Crippen LogP contribution in [-0.2, 0) is 10.0 Å². The lowest BCUT2D eigenvalue weighted by Gasteiger charge is -2.24. The first-order valence-electron chi connectivity index (χ1n) is 5.77. The number of halogens is 2. The van der Waals surface area contributed by atoms with Crippen molar-refractivity contribution >= 4 is 26.0 Å². The molecule has 0 spiro atoms. The van der Waals surface area contributed by atoms with Gasteiger partial charge in [-0.05, 0) is 59.8 Å². The topological polar surface area (TPSA) is 37.4 Å². The molecule has 0 saturated heterocycles. The van der Waals surface area contributed by atoms with E-state index in [1.807, 2.05) is 6.92 Å². The molecule has 2 rings (SSSR count). The van der Waals surface area contributed by atoms with Crippen molar-refractivity contribution in [2.24, 2.45) is 5.92 Å². The molecule has 0 aromatic heterocycles. The maximum absolute atomic E-state index is 13.4. The molecule has 0 amide bonds. The molecule has 100 valence electrons. The predicted molar refractivity (Wildman–Crippen MR) is 71.2 cm³/mol. The average molecular weight is 336 g/mol. The van der Waals surface area contributed by atoms with Gasteiger partial charge >= 0.3 is 0 Å². The van der Waals surface area contributed by atoms with E-state index in [-0.39, 0.29) is 15.4 Å². The smallest absolute Gasteiger partial charge is 0.207 e. The van der Waals surface area contributed by atoms with Crippen molar-refractivity contribution in [2.75, 3.05) is 7.05 Å². The van der Waals surface area contributed by atoms with Gasteiger partial charge in [0.25, 0.3) is 0 Å². The Kier molecular flexibility index (Phi) is 3.80. The van der Waals surface area contributed by atoms with E-state index < -0.39 is 15.8 Å². The van der Waals surface area contributed by atoms with Crippen LogP contribution in [0.5, 0.6) is 0 Å². The molecule has 1 fully saturated rings. The summed E-state index contributed by atoms with van der Waals surface area (Å²) in [6, 6.07) is 3.84. The Balaban J connectivity index is 2.31. The standard InChI is InChI=1S/C12H15BrFNO2S/c1-8(9-3-4-9)15(2)18(16,17)10-5-6-11(13)12(14)7-10/h5-9H,3-4H2,1-2H3.